The van der Waals surface area contributed by atoms with Crippen LogP contribution in [0.1, 0.15) is 45.1 Å². The van der Waals surface area contributed by atoms with Crippen LogP contribution in [0.4, 0.5) is 0 Å². The van der Waals surface area contributed by atoms with Crippen LogP contribution >= 0.6 is 0 Å². The number of aliphatic carboxylic acids is 1. The molecule has 1 aromatic rings. The Bertz CT molecular complexity index is 1060. The predicted molar refractivity (Wildman–Crippen MR) is 146 cm³/mol. The van der Waals surface area contributed by atoms with Gasteiger partial charge in [0.25, 0.3) is 0 Å². The lowest BCUT2D eigenvalue weighted by Crippen LogP contribution is -2.59. The number of rotatable bonds is 17. The first-order valence-corrected chi connectivity index (χ1v) is 12.8. The number of hydrogen-bond acceptors (Lipinski definition) is 8. The van der Waals surface area contributed by atoms with E-state index in [0.29, 0.717) is 12.0 Å². The number of amides is 4. The second-order valence-electron chi connectivity index (χ2n) is 9.43. The molecule has 0 bridgehead atoms. The van der Waals surface area contributed by atoms with Gasteiger partial charge in [-0.2, -0.15) is 0 Å². The molecule has 0 saturated heterocycles. The molecule has 0 radical (unpaired) electrons. The summed E-state index contributed by atoms with van der Waals surface area (Å²) in [6.45, 7) is 3.65. The molecule has 5 atom stereocenters. The van der Waals surface area contributed by atoms with Crippen molar-refractivity contribution in [2.45, 2.75) is 70.1 Å². The molecular formula is C25H40N8O7. The average molecular weight is 565 g/mol. The Balaban J connectivity index is 3.08. The number of nitrogens with one attached hydrogen (secondary N) is 3. The normalized spacial score (nSPS) is 14.5. The van der Waals surface area contributed by atoms with Gasteiger partial charge in [0.05, 0.1) is 12.5 Å². The van der Waals surface area contributed by atoms with E-state index in [1.54, 1.807) is 13.8 Å². The van der Waals surface area contributed by atoms with Crippen LogP contribution in [0.2, 0.25) is 0 Å². The monoisotopic (exact) mass is 564 g/mol. The number of aliphatic imine (C=N–C) groups is 1. The van der Waals surface area contributed by atoms with Crippen molar-refractivity contribution >= 4 is 35.6 Å². The Hall–Kier alpha value is -4.40. The largest absolute Gasteiger partial charge is 0.508 e. The van der Waals surface area contributed by atoms with E-state index in [-0.39, 0.29) is 37.5 Å². The standard InChI is InChI=1S/C25H40N8O7/c1-3-13(2)20(23(38)32-18(24(39)40)11-14-6-8-15(34)9-7-14)33-22(37)17(5-4-10-30-25(28)29)31-21(36)16(26)12-19(27)35/h6-9,13,16-18,20,34H,3-5,10-12,26H2,1-2H3,(H2,27,35)(H,31,36)(H,32,38)(H,33,37)(H,39,40)(H4,28,29,30). The number of carboxylic acid groups (broad SMARTS) is 1. The Morgan fingerprint density at radius 2 is 1.52 bits per heavy atom. The summed E-state index contributed by atoms with van der Waals surface area (Å²) in [6, 6.07) is 0.929. The van der Waals surface area contributed by atoms with Crippen LogP contribution in [-0.4, -0.2) is 76.5 Å². The van der Waals surface area contributed by atoms with Crippen molar-refractivity contribution in [3.8, 4) is 5.75 Å². The number of hydrogen-bond donors (Lipinski definition) is 9. The molecule has 0 aliphatic rings. The maximum atomic E-state index is 13.3. The van der Waals surface area contributed by atoms with Gasteiger partial charge < -0.3 is 49.1 Å². The van der Waals surface area contributed by atoms with Crippen LogP contribution in [0.3, 0.4) is 0 Å². The Kier molecular flexibility index (Phi) is 13.9. The molecule has 15 nitrogen and oxygen atoms in total. The fraction of sp³-hybridized carbons (Fsp3) is 0.520. The van der Waals surface area contributed by atoms with Crippen LogP contribution in [0.25, 0.3) is 0 Å². The number of nitrogens with zero attached hydrogens (tertiary/aromatic N) is 1. The topological polar surface area (TPSA) is 278 Å². The van der Waals surface area contributed by atoms with Crippen LogP contribution in [0.5, 0.6) is 5.75 Å². The predicted octanol–water partition coefficient (Wildman–Crippen LogP) is -2.22. The summed E-state index contributed by atoms with van der Waals surface area (Å²) < 4.78 is 0. The van der Waals surface area contributed by atoms with Gasteiger partial charge in [0.15, 0.2) is 5.96 Å². The number of aromatic hydroxyl groups is 1. The fourth-order valence-electron chi connectivity index (χ4n) is 3.65. The molecule has 5 unspecified atom stereocenters. The van der Waals surface area contributed by atoms with E-state index >= 15 is 0 Å². The molecule has 0 aliphatic heterocycles. The summed E-state index contributed by atoms with van der Waals surface area (Å²) in [5.74, 6) is -4.90. The number of phenols is 1. The van der Waals surface area contributed by atoms with Gasteiger partial charge in [0.1, 0.15) is 23.9 Å². The zero-order chi connectivity index (χ0) is 30.4. The summed E-state index contributed by atoms with van der Waals surface area (Å²) in [6.07, 6.45) is 0.285. The molecule has 0 aliphatic carbocycles. The number of nitrogens with two attached hydrogens (primary N) is 4. The van der Waals surface area contributed by atoms with E-state index in [9.17, 15) is 34.2 Å². The lowest BCUT2D eigenvalue weighted by Gasteiger charge is -2.28. The Morgan fingerprint density at radius 3 is 2.05 bits per heavy atom. The molecule has 0 aromatic heterocycles. The zero-order valence-corrected chi connectivity index (χ0v) is 22.6. The summed E-state index contributed by atoms with van der Waals surface area (Å²) in [5, 5.41) is 26.7. The quantitative estimate of drug-likeness (QED) is 0.0558. The minimum Gasteiger partial charge on any atom is -0.508 e. The molecule has 40 heavy (non-hydrogen) atoms. The van der Waals surface area contributed by atoms with Crippen LogP contribution in [0.15, 0.2) is 29.3 Å². The summed E-state index contributed by atoms with van der Waals surface area (Å²) in [5.41, 5.74) is 22.0. The summed E-state index contributed by atoms with van der Waals surface area (Å²) >= 11 is 0. The summed E-state index contributed by atoms with van der Waals surface area (Å²) in [7, 11) is 0. The van der Waals surface area contributed by atoms with Crippen molar-refractivity contribution in [2.75, 3.05) is 6.54 Å². The van der Waals surface area contributed by atoms with E-state index in [4.69, 9.17) is 22.9 Å². The van der Waals surface area contributed by atoms with Crippen LogP contribution < -0.4 is 38.9 Å². The third kappa shape index (κ3) is 12.0. The highest BCUT2D eigenvalue weighted by Gasteiger charge is 2.33. The maximum Gasteiger partial charge on any atom is 0.326 e. The molecule has 1 aromatic carbocycles. The third-order valence-electron chi connectivity index (χ3n) is 6.12. The summed E-state index contributed by atoms with van der Waals surface area (Å²) in [4.78, 5) is 65.9. The number of carbonyl (C=O) groups is 5. The second-order valence-corrected chi connectivity index (χ2v) is 9.43. The fourth-order valence-corrected chi connectivity index (χ4v) is 3.65. The van der Waals surface area contributed by atoms with Crippen LogP contribution in [-0.2, 0) is 30.4 Å². The van der Waals surface area contributed by atoms with Gasteiger partial charge in [-0.25, -0.2) is 4.79 Å². The number of primary amides is 1. The lowest BCUT2D eigenvalue weighted by atomic mass is 9.96. The molecule has 4 amide bonds. The maximum absolute atomic E-state index is 13.3. The Labute approximate surface area is 232 Å². The van der Waals surface area contributed by atoms with Gasteiger partial charge in [-0.3, -0.25) is 24.2 Å². The molecule has 15 heteroatoms. The van der Waals surface area contributed by atoms with Crippen molar-refractivity contribution in [1.29, 1.82) is 0 Å². The molecule has 1 rings (SSSR count). The van der Waals surface area contributed by atoms with Crippen molar-refractivity contribution in [1.82, 2.24) is 16.0 Å². The molecule has 0 saturated carbocycles. The van der Waals surface area contributed by atoms with E-state index in [1.807, 2.05) is 0 Å². The van der Waals surface area contributed by atoms with Crippen molar-refractivity contribution in [2.24, 2.45) is 33.8 Å². The Morgan fingerprint density at radius 1 is 0.925 bits per heavy atom. The molecule has 13 N–H and O–H groups in total. The second kappa shape index (κ2) is 16.5. The van der Waals surface area contributed by atoms with Crippen molar-refractivity contribution < 1.29 is 34.2 Å². The number of guanidine groups is 1. The van der Waals surface area contributed by atoms with Gasteiger partial charge in [-0.15, -0.1) is 0 Å². The first-order chi connectivity index (χ1) is 18.7. The van der Waals surface area contributed by atoms with Gasteiger partial charge >= 0.3 is 5.97 Å². The van der Waals surface area contributed by atoms with Crippen LogP contribution in [0, 0.1) is 5.92 Å². The molecule has 0 fully saturated rings. The van der Waals surface area contributed by atoms with Gasteiger partial charge in [0, 0.05) is 13.0 Å². The minimum atomic E-state index is -1.32. The zero-order valence-electron chi connectivity index (χ0n) is 22.6. The highest BCUT2D eigenvalue weighted by atomic mass is 16.4. The van der Waals surface area contributed by atoms with Crippen molar-refractivity contribution in [3.05, 3.63) is 29.8 Å². The number of carbonyl (C=O) groups excluding carboxylic acids is 4. The molecule has 222 valence electrons. The highest BCUT2D eigenvalue weighted by molar-refractivity contribution is 5.95. The number of carboxylic acids is 1. The first kappa shape index (κ1) is 33.6. The molecule has 0 heterocycles. The minimum absolute atomic E-state index is 0.00901. The first-order valence-electron chi connectivity index (χ1n) is 12.8. The highest BCUT2D eigenvalue weighted by Crippen LogP contribution is 2.13. The van der Waals surface area contributed by atoms with E-state index in [1.165, 1.54) is 24.3 Å². The number of phenolic OH excluding ortho intramolecular Hbond substituents is 1. The van der Waals surface area contributed by atoms with E-state index in [0.717, 1.165) is 0 Å². The lowest BCUT2D eigenvalue weighted by molar-refractivity contribution is -0.142. The SMILES string of the molecule is CCC(C)C(NC(=O)C(CCCN=C(N)N)NC(=O)C(N)CC(N)=O)C(=O)NC(Cc1ccc(O)cc1)C(=O)O. The smallest absolute Gasteiger partial charge is 0.326 e. The third-order valence-corrected chi connectivity index (χ3v) is 6.12. The average Bonchev–Trinajstić information content (AvgIpc) is 2.88. The van der Waals surface area contributed by atoms with E-state index < -0.39 is 66.1 Å². The van der Waals surface area contributed by atoms with Crippen molar-refractivity contribution in [3.63, 3.8) is 0 Å². The van der Waals surface area contributed by atoms with Gasteiger partial charge in [-0.1, -0.05) is 32.4 Å². The molecule has 0 spiro atoms. The van der Waals surface area contributed by atoms with E-state index in [2.05, 4.69) is 20.9 Å². The number of benzene rings is 1. The van der Waals surface area contributed by atoms with Gasteiger partial charge in [0.2, 0.25) is 23.6 Å². The van der Waals surface area contributed by atoms with Gasteiger partial charge in [-0.05, 0) is 36.5 Å². The molecular weight excluding hydrogens is 524 g/mol.